The highest BCUT2D eigenvalue weighted by atomic mass is 19.1. The molecular formula is C12H16FNO2. The first-order chi connectivity index (χ1) is 7.65. The van der Waals surface area contributed by atoms with Gasteiger partial charge in [0, 0.05) is 0 Å². The van der Waals surface area contributed by atoms with E-state index < -0.39 is 11.8 Å². The Hall–Kier alpha value is -1.58. The maximum Gasteiger partial charge on any atom is 0.338 e. The van der Waals surface area contributed by atoms with Crippen LogP contribution in [0.4, 0.5) is 10.1 Å². The molecule has 0 radical (unpaired) electrons. The zero-order valence-electron chi connectivity index (χ0n) is 9.33. The maximum atomic E-state index is 13.0. The van der Waals surface area contributed by atoms with Gasteiger partial charge in [0.15, 0.2) is 0 Å². The summed E-state index contributed by atoms with van der Waals surface area (Å²) in [7, 11) is 0. The third kappa shape index (κ3) is 3.53. The molecule has 1 aromatic carbocycles. The summed E-state index contributed by atoms with van der Waals surface area (Å²) in [5.74, 6) is -1.10. The van der Waals surface area contributed by atoms with Gasteiger partial charge in [-0.15, -0.1) is 0 Å². The SMILES string of the molecule is CCCCCOC(=O)c1ccc(N)c(F)c1. The van der Waals surface area contributed by atoms with Crippen LogP contribution < -0.4 is 5.73 Å². The molecule has 88 valence electrons. The van der Waals surface area contributed by atoms with Gasteiger partial charge in [-0.05, 0) is 24.6 Å². The average Bonchev–Trinajstić information content (AvgIpc) is 2.28. The molecule has 0 heterocycles. The van der Waals surface area contributed by atoms with Crippen molar-refractivity contribution in [2.45, 2.75) is 26.2 Å². The number of carbonyl (C=O) groups excluding carboxylic acids is 1. The van der Waals surface area contributed by atoms with Crippen LogP contribution in [0, 0.1) is 5.82 Å². The van der Waals surface area contributed by atoms with Crippen molar-refractivity contribution in [1.29, 1.82) is 0 Å². The second-order valence-electron chi connectivity index (χ2n) is 3.58. The molecule has 0 spiro atoms. The van der Waals surface area contributed by atoms with Crippen LogP contribution in [-0.4, -0.2) is 12.6 Å². The molecule has 0 fully saturated rings. The summed E-state index contributed by atoms with van der Waals surface area (Å²) in [6.45, 7) is 2.44. The molecule has 4 heteroatoms. The van der Waals surface area contributed by atoms with E-state index in [9.17, 15) is 9.18 Å². The number of carbonyl (C=O) groups is 1. The van der Waals surface area contributed by atoms with Gasteiger partial charge in [0.25, 0.3) is 0 Å². The quantitative estimate of drug-likeness (QED) is 0.476. The number of halogens is 1. The molecule has 0 bridgehead atoms. The summed E-state index contributed by atoms with van der Waals surface area (Å²) >= 11 is 0. The number of unbranched alkanes of at least 4 members (excludes halogenated alkanes) is 2. The normalized spacial score (nSPS) is 10.1. The van der Waals surface area contributed by atoms with E-state index in [1.165, 1.54) is 12.1 Å². The molecular weight excluding hydrogens is 209 g/mol. The van der Waals surface area contributed by atoms with Crippen molar-refractivity contribution in [3.8, 4) is 0 Å². The van der Waals surface area contributed by atoms with Gasteiger partial charge in [0.2, 0.25) is 0 Å². The van der Waals surface area contributed by atoms with Gasteiger partial charge in [0.1, 0.15) is 5.82 Å². The topological polar surface area (TPSA) is 52.3 Å². The number of nitrogens with two attached hydrogens (primary N) is 1. The molecule has 0 aliphatic carbocycles. The summed E-state index contributed by atoms with van der Waals surface area (Å²) in [5.41, 5.74) is 5.53. The molecule has 2 N–H and O–H groups in total. The van der Waals surface area contributed by atoms with E-state index in [4.69, 9.17) is 10.5 Å². The van der Waals surface area contributed by atoms with E-state index in [2.05, 4.69) is 6.92 Å². The predicted molar refractivity (Wildman–Crippen MR) is 60.6 cm³/mol. The van der Waals surface area contributed by atoms with Crippen molar-refractivity contribution in [1.82, 2.24) is 0 Å². The lowest BCUT2D eigenvalue weighted by molar-refractivity contribution is 0.0497. The number of rotatable bonds is 5. The first-order valence-corrected chi connectivity index (χ1v) is 5.37. The van der Waals surface area contributed by atoms with Crippen molar-refractivity contribution in [2.24, 2.45) is 0 Å². The Labute approximate surface area is 94.4 Å². The van der Waals surface area contributed by atoms with Crippen LogP contribution in [0.1, 0.15) is 36.5 Å². The van der Waals surface area contributed by atoms with Crippen molar-refractivity contribution >= 4 is 11.7 Å². The van der Waals surface area contributed by atoms with Crippen LogP contribution in [-0.2, 0) is 4.74 Å². The molecule has 0 amide bonds. The standard InChI is InChI=1S/C12H16FNO2/c1-2-3-4-7-16-12(15)9-5-6-11(14)10(13)8-9/h5-6,8H,2-4,7,14H2,1H3. The highest BCUT2D eigenvalue weighted by Crippen LogP contribution is 2.12. The first-order valence-electron chi connectivity index (χ1n) is 5.37. The molecule has 0 atom stereocenters. The third-order valence-corrected chi connectivity index (χ3v) is 2.22. The first kappa shape index (κ1) is 12.5. The van der Waals surface area contributed by atoms with Crippen LogP contribution in [0.15, 0.2) is 18.2 Å². The molecule has 0 saturated heterocycles. The zero-order chi connectivity index (χ0) is 12.0. The summed E-state index contributed by atoms with van der Waals surface area (Å²) in [6, 6.07) is 3.91. The molecule has 0 aromatic heterocycles. The van der Waals surface area contributed by atoms with E-state index >= 15 is 0 Å². The minimum absolute atomic E-state index is 0.0301. The lowest BCUT2D eigenvalue weighted by Crippen LogP contribution is -2.07. The Kier molecular flexibility index (Phi) is 4.76. The van der Waals surface area contributed by atoms with Crippen molar-refractivity contribution in [3.63, 3.8) is 0 Å². The summed E-state index contributed by atoms with van der Waals surface area (Å²) in [6.07, 6.45) is 2.91. The fourth-order valence-corrected chi connectivity index (χ4v) is 1.25. The van der Waals surface area contributed by atoms with Crippen LogP contribution in [0.2, 0.25) is 0 Å². The molecule has 0 aliphatic heterocycles. The summed E-state index contributed by atoms with van der Waals surface area (Å²) in [5, 5.41) is 0. The molecule has 3 nitrogen and oxygen atoms in total. The Bertz CT molecular complexity index is 366. The Morgan fingerprint density at radius 2 is 2.19 bits per heavy atom. The van der Waals surface area contributed by atoms with Gasteiger partial charge in [-0.2, -0.15) is 0 Å². The fourth-order valence-electron chi connectivity index (χ4n) is 1.25. The van der Waals surface area contributed by atoms with Crippen LogP contribution in [0.3, 0.4) is 0 Å². The highest BCUT2D eigenvalue weighted by molar-refractivity contribution is 5.89. The number of ether oxygens (including phenoxy) is 1. The van der Waals surface area contributed by atoms with E-state index in [1.807, 2.05) is 0 Å². The number of hydrogen-bond donors (Lipinski definition) is 1. The molecule has 1 aromatic rings. The van der Waals surface area contributed by atoms with E-state index in [1.54, 1.807) is 0 Å². The van der Waals surface area contributed by atoms with Crippen LogP contribution in [0.5, 0.6) is 0 Å². The highest BCUT2D eigenvalue weighted by Gasteiger charge is 2.09. The van der Waals surface area contributed by atoms with Gasteiger partial charge in [0.05, 0.1) is 17.9 Å². The molecule has 1 rings (SSSR count). The minimum atomic E-state index is -0.594. The fraction of sp³-hybridized carbons (Fsp3) is 0.417. The second kappa shape index (κ2) is 6.10. The van der Waals surface area contributed by atoms with Crippen molar-refractivity contribution in [2.75, 3.05) is 12.3 Å². The molecule has 0 saturated carbocycles. The second-order valence-corrected chi connectivity index (χ2v) is 3.58. The molecule has 0 aliphatic rings. The summed E-state index contributed by atoms with van der Waals surface area (Å²) in [4.78, 5) is 11.4. The molecule has 16 heavy (non-hydrogen) atoms. The predicted octanol–water partition coefficient (Wildman–Crippen LogP) is 2.75. The number of hydrogen-bond acceptors (Lipinski definition) is 3. The maximum absolute atomic E-state index is 13.0. The summed E-state index contributed by atoms with van der Waals surface area (Å²) < 4.78 is 18.0. The lowest BCUT2D eigenvalue weighted by Gasteiger charge is -2.05. The van der Waals surface area contributed by atoms with Gasteiger partial charge in [-0.1, -0.05) is 19.8 Å². The minimum Gasteiger partial charge on any atom is -0.462 e. The number of esters is 1. The van der Waals surface area contributed by atoms with E-state index in [0.29, 0.717) is 6.61 Å². The van der Waals surface area contributed by atoms with E-state index in [-0.39, 0.29) is 11.3 Å². The van der Waals surface area contributed by atoms with Crippen LogP contribution >= 0.6 is 0 Å². The zero-order valence-corrected chi connectivity index (χ0v) is 9.33. The number of benzene rings is 1. The Morgan fingerprint density at radius 1 is 1.44 bits per heavy atom. The van der Waals surface area contributed by atoms with Gasteiger partial charge in [-0.25, -0.2) is 9.18 Å². The van der Waals surface area contributed by atoms with Gasteiger partial charge >= 0.3 is 5.97 Å². The lowest BCUT2D eigenvalue weighted by atomic mass is 10.2. The monoisotopic (exact) mass is 225 g/mol. The third-order valence-electron chi connectivity index (χ3n) is 2.22. The van der Waals surface area contributed by atoms with Gasteiger partial charge < -0.3 is 10.5 Å². The van der Waals surface area contributed by atoms with Crippen LogP contribution in [0.25, 0.3) is 0 Å². The Balaban J connectivity index is 2.50. The Morgan fingerprint density at radius 3 is 2.81 bits per heavy atom. The smallest absolute Gasteiger partial charge is 0.338 e. The van der Waals surface area contributed by atoms with E-state index in [0.717, 1.165) is 25.3 Å². The number of nitrogen functional groups attached to an aromatic ring is 1. The van der Waals surface area contributed by atoms with Crippen molar-refractivity contribution < 1.29 is 13.9 Å². The molecule has 0 unspecified atom stereocenters. The van der Waals surface area contributed by atoms with Crippen molar-refractivity contribution in [3.05, 3.63) is 29.6 Å². The largest absolute Gasteiger partial charge is 0.462 e. The average molecular weight is 225 g/mol. The number of anilines is 1. The van der Waals surface area contributed by atoms with Gasteiger partial charge in [-0.3, -0.25) is 0 Å².